The van der Waals surface area contributed by atoms with Crippen molar-refractivity contribution < 1.29 is 9.90 Å². The van der Waals surface area contributed by atoms with Crippen LogP contribution in [-0.4, -0.2) is 47.6 Å². The second kappa shape index (κ2) is 5.97. The van der Waals surface area contributed by atoms with E-state index in [-0.39, 0.29) is 11.0 Å². The van der Waals surface area contributed by atoms with Gasteiger partial charge in [-0.15, -0.1) is 0 Å². The summed E-state index contributed by atoms with van der Waals surface area (Å²) in [5.41, 5.74) is 0.328. The minimum absolute atomic E-state index is 0.103. The van der Waals surface area contributed by atoms with Crippen LogP contribution < -0.4 is 5.32 Å². The van der Waals surface area contributed by atoms with Crippen molar-refractivity contribution in [3.8, 4) is 0 Å². The van der Waals surface area contributed by atoms with Crippen LogP contribution in [0.25, 0.3) is 0 Å². The lowest BCUT2D eigenvalue weighted by Crippen LogP contribution is -2.40. The molecule has 6 heteroatoms. The molecule has 0 aliphatic carbocycles. The molecule has 1 saturated heterocycles. The maximum atomic E-state index is 10.8. The molecule has 1 aromatic heterocycles. The van der Waals surface area contributed by atoms with E-state index in [1.807, 2.05) is 0 Å². The Hall–Kier alpha value is -1.33. The Kier molecular flexibility index (Phi) is 4.50. The average molecular weight is 298 g/mol. The highest BCUT2D eigenvalue weighted by Gasteiger charge is 2.28. The van der Waals surface area contributed by atoms with E-state index in [0.717, 1.165) is 32.5 Å². The molecule has 110 valence electrons. The van der Waals surface area contributed by atoms with Gasteiger partial charge in [0.05, 0.1) is 10.6 Å². The number of halogens is 1. The second-order valence-corrected chi connectivity index (χ2v) is 6.23. The van der Waals surface area contributed by atoms with Crippen LogP contribution in [0.2, 0.25) is 5.02 Å². The highest BCUT2D eigenvalue weighted by Crippen LogP contribution is 2.31. The molecule has 0 spiro atoms. The van der Waals surface area contributed by atoms with Gasteiger partial charge in [0.25, 0.3) is 0 Å². The number of piperidine rings is 1. The van der Waals surface area contributed by atoms with Gasteiger partial charge in [0.1, 0.15) is 5.82 Å². The van der Waals surface area contributed by atoms with Crippen LogP contribution in [0.1, 0.15) is 30.1 Å². The number of anilines is 1. The predicted octanol–water partition coefficient (Wildman–Crippen LogP) is 2.58. The molecule has 1 aliphatic heterocycles. The largest absolute Gasteiger partial charge is 0.478 e. The number of aromatic nitrogens is 1. The summed E-state index contributed by atoms with van der Waals surface area (Å²) >= 11 is 6.06. The van der Waals surface area contributed by atoms with Gasteiger partial charge in [-0.1, -0.05) is 18.5 Å². The van der Waals surface area contributed by atoms with E-state index in [0.29, 0.717) is 10.8 Å². The third-order valence-electron chi connectivity index (χ3n) is 3.96. The summed E-state index contributed by atoms with van der Waals surface area (Å²) in [4.78, 5) is 17.3. The molecule has 20 heavy (non-hydrogen) atoms. The zero-order valence-electron chi connectivity index (χ0n) is 11.8. The molecule has 0 unspecified atom stereocenters. The van der Waals surface area contributed by atoms with E-state index in [1.165, 1.54) is 12.3 Å². The van der Waals surface area contributed by atoms with E-state index in [2.05, 4.69) is 29.2 Å². The Labute approximate surface area is 123 Å². The molecule has 5 nitrogen and oxygen atoms in total. The van der Waals surface area contributed by atoms with Crippen molar-refractivity contribution in [2.45, 2.75) is 19.8 Å². The van der Waals surface area contributed by atoms with E-state index in [4.69, 9.17) is 16.7 Å². The topological polar surface area (TPSA) is 65.5 Å². The average Bonchev–Trinajstić information content (AvgIpc) is 2.41. The summed E-state index contributed by atoms with van der Waals surface area (Å²) in [6, 6.07) is 1.43. The lowest BCUT2D eigenvalue weighted by molar-refractivity contribution is 0.0696. The number of carboxylic acid groups (broad SMARTS) is 1. The van der Waals surface area contributed by atoms with Crippen LogP contribution in [0.4, 0.5) is 5.82 Å². The molecule has 0 saturated carbocycles. The van der Waals surface area contributed by atoms with Crippen molar-refractivity contribution in [2.75, 3.05) is 32.0 Å². The van der Waals surface area contributed by atoms with Gasteiger partial charge in [0.15, 0.2) is 0 Å². The Balaban J connectivity index is 1.99. The van der Waals surface area contributed by atoms with E-state index >= 15 is 0 Å². The van der Waals surface area contributed by atoms with Gasteiger partial charge in [0.2, 0.25) is 0 Å². The first-order valence-electron chi connectivity index (χ1n) is 6.71. The number of hydrogen-bond donors (Lipinski definition) is 2. The molecular weight excluding hydrogens is 278 g/mol. The lowest BCUT2D eigenvalue weighted by Gasteiger charge is -2.38. The fourth-order valence-electron chi connectivity index (χ4n) is 2.32. The number of likely N-dealkylation sites (tertiary alicyclic amines) is 1. The first-order chi connectivity index (χ1) is 9.39. The number of carboxylic acids is 1. The zero-order chi connectivity index (χ0) is 14.8. The summed E-state index contributed by atoms with van der Waals surface area (Å²) in [6.07, 6.45) is 3.58. The summed E-state index contributed by atoms with van der Waals surface area (Å²) in [7, 11) is 2.13. The number of carbonyl (C=O) groups is 1. The van der Waals surface area contributed by atoms with Gasteiger partial charge in [-0.2, -0.15) is 0 Å². The molecule has 0 amide bonds. The monoisotopic (exact) mass is 297 g/mol. The van der Waals surface area contributed by atoms with E-state index in [9.17, 15) is 4.79 Å². The molecule has 0 bridgehead atoms. The summed E-state index contributed by atoms with van der Waals surface area (Å²) < 4.78 is 0. The van der Waals surface area contributed by atoms with Crippen LogP contribution >= 0.6 is 11.6 Å². The van der Waals surface area contributed by atoms with Gasteiger partial charge in [0, 0.05) is 12.7 Å². The van der Waals surface area contributed by atoms with Crippen molar-refractivity contribution in [2.24, 2.45) is 5.41 Å². The van der Waals surface area contributed by atoms with Crippen LogP contribution in [-0.2, 0) is 0 Å². The van der Waals surface area contributed by atoms with Crippen LogP contribution in [0.5, 0.6) is 0 Å². The maximum absolute atomic E-state index is 10.8. The van der Waals surface area contributed by atoms with Crippen molar-refractivity contribution >= 4 is 23.4 Å². The quantitative estimate of drug-likeness (QED) is 0.894. The third-order valence-corrected chi connectivity index (χ3v) is 4.25. The number of pyridine rings is 1. The molecule has 0 radical (unpaired) electrons. The molecule has 0 atom stereocenters. The molecule has 2 N–H and O–H groups in total. The minimum Gasteiger partial charge on any atom is -0.478 e. The van der Waals surface area contributed by atoms with Gasteiger partial charge < -0.3 is 15.3 Å². The van der Waals surface area contributed by atoms with Crippen molar-refractivity contribution in [1.29, 1.82) is 0 Å². The molecule has 1 aliphatic rings. The number of nitrogens with zero attached hydrogens (tertiary/aromatic N) is 2. The minimum atomic E-state index is -1.02. The second-order valence-electron chi connectivity index (χ2n) is 5.83. The summed E-state index contributed by atoms with van der Waals surface area (Å²) in [6.45, 7) is 5.24. The molecule has 2 heterocycles. The van der Waals surface area contributed by atoms with Gasteiger partial charge in [-0.3, -0.25) is 0 Å². The highest BCUT2D eigenvalue weighted by molar-refractivity contribution is 6.33. The number of hydrogen-bond acceptors (Lipinski definition) is 4. The summed E-state index contributed by atoms with van der Waals surface area (Å²) in [5.74, 6) is -0.468. The van der Waals surface area contributed by atoms with Crippen molar-refractivity contribution in [3.63, 3.8) is 0 Å². The fourth-order valence-corrected chi connectivity index (χ4v) is 2.55. The molecule has 1 fully saturated rings. The van der Waals surface area contributed by atoms with Gasteiger partial charge >= 0.3 is 5.97 Å². The normalized spacial score (nSPS) is 18.8. The number of nitrogens with one attached hydrogen (secondary N) is 1. The summed E-state index contributed by atoms with van der Waals surface area (Å²) in [5, 5.41) is 12.5. The lowest BCUT2D eigenvalue weighted by atomic mass is 9.80. The predicted molar refractivity (Wildman–Crippen MR) is 79.5 cm³/mol. The Morgan fingerprint density at radius 2 is 2.20 bits per heavy atom. The maximum Gasteiger partial charge on any atom is 0.337 e. The van der Waals surface area contributed by atoms with Crippen molar-refractivity contribution in [3.05, 3.63) is 22.8 Å². The SMILES string of the molecule is CN1CCC(C)(CNc2ncc(C(=O)O)cc2Cl)CC1. The van der Waals surface area contributed by atoms with E-state index < -0.39 is 5.97 Å². The first kappa shape index (κ1) is 15.1. The fraction of sp³-hybridized carbons (Fsp3) is 0.571. The molecule has 2 rings (SSSR count). The standard InChI is InChI=1S/C14H20ClN3O2/c1-14(3-5-18(2)6-4-14)9-17-12-11(15)7-10(8-16-12)13(19)20/h7-8H,3-6,9H2,1-2H3,(H,16,17)(H,19,20). The van der Waals surface area contributed by atoms with Gasteiger partial charge in [-0.05, 0) is 44.5 Å². The smallest absolute Gasteiger partial charge is 0.337 e. The Morgan fingerprint density at radius 1 is 1.55 bits per heavy atom. The first-order valence-corrected chi connectivity index (χ1v) is 7.09. The number of rotatable bonds is 4. The van der Waals surface area contributed by atoms with Crippen LogP contribution in [0.3, 0.4) is 0 Å². The number of aromatic carboxylic acids is 1. The van der Waals surface area contributed by atoms with Crippen LogP contribution in [0.15, 0.2) is 12.3 Å². The highest BCUT2D eigenvalue weighted by atomic mass is 35.5. The van der Waals surface area contributed by atoms with Gasteiger partial charge in [-0.25, -0.2) is 9.78 Å². The molecular formula is C14H20ClN3O2. The Morgan fingerprint density at radius 3 is 2.75 bits per heavy atom. The van der Waals surface area contributed by atoms with E-state index in [1.54, 1.807) is 0 Å². The molecule has 1 aromatic rings. The van der Waals surface area contributed by atoms with Crippen molar-refractivity contribution in [1.82, 2.24) is 9.88 Å². The van der Waals surface area contributed by atoms with Crippen LogP contribution in [0, 0.1) is 5.41 Å². The zero-order valence-corrected chi connectivity index (χ0v) is 12.6. The third kappa shape index (κ3) is 3.61. The molecule has 0 aromatic carbocycles. The Bertz CT molecular complexity index is 499.